The molecule has 0 radical (unpaired) electrons. The second kappa shape index (κ2) is 36.7. The Morgan fingerprint density at radius 3 is 1.31 bits per heavy atom. The SMILES string of the molecule is CCCC(=O)O.CCCCCC.CO.N.O. The molecule has 0 heterocycles. The molecule has 0 aliphatic heterocycles. The third kappa shape index (κ3) is 71.1. The highest BCUT2D eigenvalue weighted by Crippen LogP contribution is 1.95. The molecule has 0 aromatic heterocycles. The van der Waals surface area contributed by atoms with Crippen LogP contribution in [-0.2, 0) is 4.79 Å². The Hall–Kier alpha value is -0.650. The number of unbranched alkanes of at least 4 members (excludes halogenated alkanes) is 3. The van der Waals surface area contributed by atoms with E-state index in [1.807, 2.05) is 6.92 Å². The fourth-order valence-electron chi connectivity index (χ4n) is 0.714. The van der Waals surface area contributed by atoms with E-state index in [-0.39, 0.29) is 11.6 Å². The van der Waals surface area contributed by atoms with Crippen LogP contribution in [0, 0.1) is 0 Å². The number of aliphatic hydroxyl groups is 1. The zero-order valence-electron chi connectivity index (χ0n) is 11.3. The molecule has 0 spiro atoms. The van der Waals surface area contributed by atoms with Gasteiger partial charge in [-0.25, -0.2) is 0 Å². The van der Waals surface area contributed by atoms with Crippen molar-refractivity contribution in [2.75, 3.05) is 7.11 Å². The third-order valence-corrected chi connectivity index (χ3v) is 1.42. The highest BCUT2D eigenvalue weighted by atomic mass is 16.4. The first-order chi connectivity index (χ1) is 6.68. The standard InChI is InChI=1S/C6H14.C4H8O2.CH4O.H3N.H2O/c1-3-5-6-4-2;1-2-3-4(5)6;1-2;;/h3-6H2,1-2H3;2-3H2,1H3,(H,5,6);2H,1H3;1H3;1H2. The number of aliphatic hydroxyl groups excluding tert-OH is 1. The zero-order chi connectivity index (χ0) is 11.8. The van der Waals surface area contributed by atoms with Crippen molar-refractivity contribution in [1.82, 2.24) is 6.15 Å². The molecule has 16 heavy (non-hydrogen) atoms. The number of rotatable bonds is 5. The van der Waals surface area contributed by atoms with E-state index >= 15 is 0 Å². The predicted molar refractivity (Wildman–Crippen MR) is 69.1 cm³/mol. The van der Waals surface area contributed by atoms with Crippen LogP contribution in [0.3, 0.4) is 0 Å². The number of carboxylic acid groups (broad SMARTS) is 1. The lowest BCUT2D eigenvalue weighted by molar-refractivity contribution is -0.137. The summed E-state index contributed by atoms with van der Waals surface area (Å²) in [7, 11) is 1.00. The summed E-state index contributed by atoms with van der Waals surface area (Å²) >= 11 is 0. The highest BCUT2D eigenvalue weighted by molar-refractivity contribution is 5.66. The van der Waals surface area contributed by atoms with Crippen LogP contribution >= 0.6 is 0 Å². The molecular weight excluding hydrogens is 210 g/mol. The topological polar surface area (TPSA) is 124 Å². The summed E-state index contributed by atoms with van der Waals surface area (Å²) in [4.78, 5) is 9.60. The Labute approximate surface area is 99.8 Å². The van der Waals surface area contributed by atoms with Gasteiger partial charge in [0, 0.05) is 13.5 Å². The summed E-state index contributed by atoms with van der Waals surface area (Å²) in [5, 5.41) is 14.9. The normalized spacial score (nSPS) is 6.81. The molecule has 104 valence electrons. The third-order valence-electron chi connectivity index (χ3n) is 1.42. The van der Waals surface area contributed by atoms with E-state index in [1.54, 1.807) is 0 Å². The van der Waals surface area contributed by atoms with Crippen LogP contribution < -0.4 is 6.15 Å². The van der Waals surface area contributed by atoms with Crippen molar-refractivity contribution in [3.63, 3.8) is 0 Å². The van der Waals surface area contributed by atoms with E-state index in [2.05, 4.69) is 13.8 Å². The van der Waals surface area contributed by atoms with Crippen LogP contribution in [0.1, 0.15) is 59.3 Å². The van der Waals surface area contributed by atoms with E-state index in [0.29, 0.717) is 6.42 Å². The second-order valence-corrected chi connectivity index (χ2v) is 2.85. The van der Waals surface area contributed by atoms with Gasteiger partial charge in [-0.15, -0.1) is 0 Å². The van der Waals surface area contributed by atoms with Gasteiger partial charge in [-0.3, -0.25) is 4.79 Å². The molecule has 0 fully saturated rings. The Kier molecular flexibility index (Phi) is 67.6. The lowest BCUT2D eigenvalue weighted by Gasteiger charge is -1.86. The molecule has 0 atom stereocenters. The minimum absolute atomic E-state index is 0. The summed E-state index contributed by atoms with van der Waals surface area (Å²) in [6.45, 7) is 6.30. The molecular formula is C11H31NO4. The fourth-order valence-corrected chi connectivity index (χ4v) is 0.714. The average molecular weight is 241 g/mol. The number of carbonyl (C=O) groups is 1. The maximum absolute atomic E-state index is 9.60. The Morgan fingerprint density at radius 1 is 0.938 bits per heavy atom. The number of aliphatic carboxylic acids is 1. The van der Waals surface area contributed by atoms with Gasteiger partial charge in [0.1, 0.15) is 0 Å². The average Bonchev–Trinajstić information content (AvgIpc) is 2.18. The maximum atomic E-state index is 9.60. The molecule has 5 heteroatoms. The maximum Gasteiger partial charge on any atom is 0.303 e. The first kappa shape index (κ1) is 29.5. The zero-order valence-corrected chi connectivity index (χ0v) is 11.3. The van der Waals surface area contributed by atoms with Crippen LogP contribution in [0.15, 0.2) is 0 Å². The molecule has 0 aromatic rings. The van der Waals surface area contributed by atoms with E-state index in [9.17, 15) is 4.79 Å². The van der Waals surface area contributed by atoms with Gasteiger partial charge >= 0.3 is 5.97 Å². The predicted octanol–water partition coefficient (Wildman–Crippen LogP) is 2.40. The van der Waals surface area contributed by atoms with Crippen LogP contribution in [0.5, 0.6) is 0 Å². The lowest BCUT2D eigenvalue weighted by Crippen LogP contribution is -1.90. The van der Waals surface area contributed by atoms with Crippen molar-refractivity contribution in [2.45, 2.75) is 59.3 Å². The van der Waals surface area contributed by atoms with Crippen LogP contribution in [0.25, 0.3) is 0 Å². The van der Waals surface area contributed by atoms with Gasteiger partial charge in [0.15, 0.2) is 0 Å². The van der Waals surface area contributed by atoms with Crippen molar-refractivity contribution in [2.24, 2.45) is 0 Å². The quantitative estimate of drug-likeness (QED) is 0.639. The first-order valence-corrected chi connectivity index (χ1v) is 5.35. The number of carboxylic acids is 1. The van der Waals surface area contributed by atoms with Gasteiger partial charge in [0.05, 0.1) is 0 Å². The van der Waals surface area contributed by atoms with Crippen LogP contribution in [0.4, 0.5) is 0 Å². The van der Waals surface area contributed by atoms with Crippen LogP contribution in [0.2, 0.25) is 0 Å². The largest absolute Gasteiger partial charge is 0.481 e. The van der Waals surface area contributed by atoms with E-state index in [0.717, 1.165) is 13.5 Å². The van der Waals surface area contributed by atoms with Gasteiger partial charge in [-0.2, -0.15) is 0 Å². The summed E-state index contributed by atoms with van der Waals surface area (Å²) in [6.07, 6.45) is 6.56. The highest BCUT2D eigenvalue weighted by Gasteiger charge is 1.87. The van der Waals surface area contributed by atoms with Crippen LogP contribution in [-0.4, -0.2) is 28.8 Å². The summed E-state index contributed by atoms with van der Waals surface area (Å²) < 4.78 is 0. The molecule has 5 nitrogen and oxygen atoms in total. The lowest BCUT2D eigenvalue weighted by atomic mass is 10.2. The van der Waals surface area contributed by atoms with E-state index in [4.69, 9.17) is 10.2 Å². The van der Waals surface area contributed by atoms with Gasteiger partial charge in [0.25, 0.3) is 0 Å². The minimum atomic E-state index is -0.711. The first-order valence-electron chi connectivity index (χ1n) is 5.35. The van der Waals surface area contributed by atoms with Gasteiger partial charge in [-0.1, -0.05) is 46.5 Å². The summed E-state index contributed by atoms with van der Waals surface area (Å²) in [6, 6.07) is 0. The Bertz CT molecular complexity index is 96.0. The van der Waals surface area contributed by atoms with E-state index in [1.165, 1.54) is 25.7 Å². The number of hydrogen-bond donors (Lipinski definition) is 3. The molecule has 7 N–H and O–H groups in total. The van der Waals surface area contributed by atoms with Crippen molar-refractivity contribution >= 4 is 5.97 Å². The minimum Gasteiger partial charge on any atom is -0.481 e. The molecule has 0 saturated heterocycles. The molecule has 0 amide bonds. The van der Waals surface area contributed by atoms with Gasteiger partial charge in [0.2, 0.25) is 0 Å². The Balaban J connectivity index is -0.0000000393. The summed E-state index contributed by atoms with van der Waals surface area (Å²) in [5.41, 5.74) is 0. The van der Waals surface area contributed by atoms with Crippen molar-refractivity contribution in [1.29, 1.82) is 0 Å². The molecule has 0 bridgehead atoms. The monoisotopic (exact) mass is 241 g/mol. The molecule has 0 unspecified atom stereocenters. The number of hydrogen-bond acceptors (Lipinski definition) is 3. The molecule has 0 rings (SSSR count). The van der Waals surface area contributed by atoms with Gasteiger partial charge in [-0.05, 0) is 6.42 Å². The van der Waals surface area contributed by atoms with E-state index < -0.39 is 5.97 Å². The van der Waals surface area contributed by atoms with Crippen molar-refractivity contribution in [3.8, 4) is 0 Å². The smallest absolute Gasteiger partial charge is 0.303 e. The molecule has 0 aliphatic carbocycles. The molecule has 0 saturated carbocycles. The van der Waals surface area contributed by atoms with Gasteiger partial charge < -0.3 is 21.8 Å². The fraction of sp³-hybridized carbons (Fsp3) is 0.909. The molecule has 0 aromatic carbocycles. The van der Waals surface area contributed by atoms with Crippen molar-refractivity contribution in [3.05, 3.63) is 0 Å². The summed E-state index contributed by atoms with van der Waals surface area (Å²) in [5.74, 6) is -0.711. The second-order valence-electron chi connectivity index (χ2n) is 2.85. The molecule has 0 aliphatic rings. The van der Waals surface area contributed by atoms with Crippen molar-refractivity contribution < 1.29 is 20.5 Å². The Morgan fingerprint density at radius 2 is 1.25 bits per heavy atom.